The van der Waals surface area contributed by atoms with Gasteiger partial charge in [0.05, 0.1) is 16.3 Å². The monoisotopic (exact) mass is 269 g/mol. The van der Waals surface area contributed by atoms with Crippen LogP contribution in [0.2, 0.25) is 4.34 Å². The lowest BCUT2D eigenvalue weighted by Gasteiger charge is -2.05. The summed E-state index contributed by atoms with van der Waals surface area (Å²) < 4.78 is 4.83. The number of carbonyl (C=O) groups excluding carboxylic acids is 2. The number of halogens is 2. The number of rotatable bonds is 3. The number of nitrogens with two attached hydrogens (primary N) is 1. The zero-order valence-electron chi connectivity index (χ0n) is 7.73. The summed E-state index contributed by atoms with van der Waals surface area (Å²) in [6.45, 7) is 0. The van der Waals surface area contributed by atoms with Gasteiger partial charge in [0.2, 0.25) is 5.78 Å². The first-order valence-electron chi connectivity index (χ1n) is 3.69. The number of hydrogen-bond donors (Lipinski definition) is 1. The average Bonchev–Trinajstić information content (AvgIpc) is 2.61. The molecule has 84 valence electrons. The molecule has 0 saturated carbocycles. The molecule has 1 aromatic rings. The van der Waals surface area contributed by atoms with Crippen molar-refractivity contribution in [2.24, 2.45) is 5.73 Å². The quantitative estimate of drug-likeness (QED) is 0.513. The minimum absolute atomic E-state index is 0. The SMILES string of the molecule is COC(=O)C(N)C(=O)c1ccc(Cl)s1.Cl. The van der Waals surface area contributed by atoms with Gasteiger partial charge in [-0.15, -0.1) is 23.7 Å². The van der Waals surface area contributed by atoms with Gasteiger partial charge in [-0.2, -0.15) is 0 Å². The lowest BCUT2D eigenvalue weighted by molar-refractivity contribution is -0.140. The molecule has 1 heterocycles. The molecule has 1 rings (SSSR count). The standard InChI is InChI=1S/C8H8ClNO3S.ClH/c1-13-8(12)6(10)7(11)4-2-3-5(9)14-4;/h2-3,6H,10H2,1H3;1H. The summed E-state index contributed by atoms with van der Waals surface area (Å²) in [4.78, 5) is 22.8. The van der Waals surface area contributed by atoms with E-state index in [2.05, 4.69) is 4.74 Å². The summed E-state index contributed by atoms with van der Waals surface area (Å²) in [5.41, 5.74) is 5.35. The molecule has 15 heavy (non-hydrogen) atoms. The van der Waals surface area contributed by atoms with Crippen LogP contribution in [0.3, 0.4) is 0 Å². The highest BCUT2D eigenvalue weighted by atomic mass is 35.5. The van der Waals surface area contributed by atoms with E-state index in [1.54, 1.807) is 6.07 Å². The Hall–Kier alpha value is -0.620. The van der Waals surface area contributed by atoms with Gasteiger partial charge in [-0.25, -0.2) is 4.79 Å². The number of Topliss-reactive ketones (excluding diaryl/α,β-unsaturated/α-hetero) is 1. The second kappa shape index (κ2) is 6.07. The molecular formula is C8H9Cl2NO3S. The molecule has 2 N–H and O–H groups in total. The van der Waals surface area contributed by atoms with Crippen LogP contribution >= 0.6 is 35.3 Å². The van der Waals surface area contributed by atoms with Crippen LogP contribution in [0.5, 0.6) is 0 Å². The van der Waals surface area contributed by atoms with E-state index in [9.17, 15) is 9.59 Å². The topological polar surface area (TPSA) is 69.4 Å². The molecule has 4 nitrogen and oxygen atoms in total. The Morgan fingerprint density at radius 2 is 2.13 bits per heavy atom. The van der Waals surface area contributed by atoms with Gasteiger partial charge in [0.25, 0.3) is 0 Å². The number of ketones is 1. The van der Waals surface area contributed by atoms with Gasteiger partial charge in [-0.05, 0) is 12.1 Å². The fourth-order valence-electron chi connectivity index (χ4n) is 0.834. The highest BCUT2D eigenvalue weighted by Gasteiger charge is 2.25. The Balaban J connectivity index is 0.00000196. The van der Waals surface area contributed by atoms with Crippen molar-refractivity contribution in [1.82, 2.24) is 0 Å². The van der Waals surface area contributed by atoms with Gasteiger partial charge >= 0.3 is 5.97 Å². The number of carbonyl (C=O) groups is 2. The van der Waals surface area contributed by atoms with Crippen molar-refractivity contribution < 1.29 is 14.3 Å². The largest absolute Gasteiger partial charge is 0.468 e. The predicted molar refractivity (Wildman–Crippen MR) is 60.9 cm³/mol. The van der Waals surface area contributed by atoms with Crippen molar-refractivity contribution in [2.75, 3.05) is 7.11 Å². The molecule has 0 amide bonds. The first kappa shape index (κ1) is 14.4. The van der Waals surface area contributed by atoms with E-state index in [0.717, 1.165) is 11.3 Å². The third-order valence-corrected chi connectivity index (χ3v) is 2.80. The second-order valence-electron chi connectivity index (χ2n) is 2.47. The maximum Gasteiger partial charge on any atom is 0.330 e. The molecule has 0 bridgehead atoms. The first-order valence-corrected chi connectivity index (χ1v) is 4.88. The van der Waals surface area contributed by atoms with Crippen molar-refractivity contribution in [3.05, 3.63) is 21.3 Å². The Labute approximate surface area is 102 Å². The Bertz CT molecular complexity index is 367. The average molecular weight is 270 g/mol. The smallest absolute Gasteiger partial charge is 0.330 e. The summed E-state index contributed by atoms with van der Waals surface area (Å²) >= 11 is 6.71. The predicted octanol–water partition coefficient (Wildman–Crippen LogP) is 1.51. The van der Waals surface area contributed by atoms with Crippen LogP contribution in [0.25, 0.3) is 0 Å². The lowest BCUT2D eigenvalue weighted by atomic mass is 10.2. The third kappa shape index (κ3) is 3.46. The molecule has 0 aromatic carbocycles. The molecule has 0 saturated heterocycles. The zero-order valence-corrected chi connectivity index (χ0v) is 10.1. The Kier molecular flexibility index (Phi) is 5.82. The van der Waals surface area contributed by atoms with Crippen LogP contribution < -0.4 is 5.73 Å². The van der Waals surface area contributed by atoms with E-state index in [-0.39, 0.29) is 12.4 Å². The summed E-state index contributed by atoms with van der Waals surface area (Å²) in [5.74, 6) is -1.23. The van der Waals surface area contributed by atoms with E-state index in [1.165, 1.54) is 13.2 Å². The van der Waals surface area contributed by atoms with Crippen molar-refractivity contribution in [2.45, 2.75) is 6.04 Å². The molecule has 7 heteroatoms. The fourth-order valence-corrected chi connectivity index (χ4v) is 1.86. The molecule has 0 spiro atoms. The van der Waals surface area contributed by atoms with Crippen molar-refractivity contribution >= 4 is 47.1 Å². The van der Waals surface area contributed by atoms with Gasteiger partial charge in [0, 0.05) is 0 Å². The van der Waals surface area contributed by atoms with Gasteiger partial charge < -0.3 is 10.5 Å². The van der Waals surface area contributed by atoms with Crippen LogP contribution in [0.15, 0.2) is 12.1 Å². The van der Waals surface area contributed by atoms with Crippen molar-refractivity contribution in [1.29, 1.82) is 0 Å². The van der Waals surface area contributed by atoms with E-state index in [1.807, 2.05) is 0 Å². The van der Waals surface area contributed by atoms with Gasteiger partial charge in [-0.3, -0.25) is 4.79 Å². The number of ether oxygens (including phenoxy) is 1. The van der Waals surface area contributed by atoms with Gasteiger partial charge in [-0.1, -0.05) is 11.6 Å². The normalized spacial score (nSPS) is 11.4. The van der Waals surface area contributed by atoms with Crippen LogP contribution in [0.4, 0.5) is 0 Å². The van der Waals surface area contributed by atoms with Crippen LogP contribution in [-0.4, -0.2) is 24.9 Å². The Morgan fingerprint density at radius 3 is 2.53 bits per heavy atom. The summed E-state index contributed by atoms with van der Waals surface area (Å²) in [6, 6.07) is 1.83. The maximum atomic E-state index is 11.5. The number of thiophene rings is 1. The molecule has 0 aliphatic carbocycles. The number of esters is 1. The molecule has 1 aromatic heterocycles. The summed E-state index contributed by atoms with van der Waals surface area (Å²) in [5, 5.41) is 0. The molecule has 0 fully saturated rings. The Morgan fingerprint density at radius 1 is 1.53 bits per heavy atom. The maximum absolute atomic E-state index is 11.5. The minimum Gasteiger partial charge on any atom is -0.468 e. The van der Waals surface area contributed by atoms with E-state index >= 15 is 0 Å². The summed E-state index contributed by atoms with van der Waals surface area (Å²) in [6.07, 6.45) is 0. The third-order valence-electron chi connectivity index (χ3n) is 1.55. The van der Waals surface area contributed by atoms with Crippen LogP contribution in [0, 0.1) is 0 Å². The lowest BCUT2D eigenvalue weighted by Crippen LogP contribution is -2.39. The minimum atomic E-state index is -1.27. The first-order chi connectivity index (χ1) is 6.56. The van der Waals surface area contributed by atoms with E-state index < -0.39 is 17.8 Å². The van der Waals surface area contributed by atoms with E-state index in [0.29, 0.717) is 9.21 Å². The number of methoxy groups -OCH3 is 1. The molecule has 1 atom stereocenters. The van der Waals surface area contributed by atoms with Crippen LogP contribution in [-0.2, 0) is 9.53 Å². The van der Waals surface area contributed by atoms with E-state index in [4.69, 9.17) is 17.3 Å². The van der Waals surface area contributed by atoms with Gasteiger partial charge in [0.1, 0.15) is 0 Å². The second-order valence-corrected chi connectivity index (χ2v) is 4.18. The summed E-state index contributed by atoms with van der Waals surface area (Å²) in [7, 11) is 1.18. The fraction of sp³-hybridized carbons (Fsp3) is 0.250. The van der Waals surface area contributed by atoms with Crippen molar-refractivity contribution in [3.8, 4) is 0 Å². The number of hydrogen-bond acceptors (Lipinski definition) is 5. The van der Waals surface area contributed by atoms with Crippen molar-refractivity contribution in [3.63, 3.8) is 0 Å². The molecule has 0 aliphatic rings. The zero-order chi connectivity index (χ0) is 10.7. The molecule has 1 unspecified atom stereocenters. The highest BCUT2D eigenvalue weighted by molar-refractivity contribution is 7.18. The highest BCUT2D eigenvalue weighted by Crippen LogP contribution is 2.22. The van der Waals surface area contributed by atoms with Crippen LogP contribution in [0.1, 0.15) is 9.67 Å². The molecule has 0 aliphatic heterocycles. The molecule has 0 radical (unpaired) electrons. The van der Waals surface area contributed by atoms with Gasteiger partial charge in [0.15, 0.2) is 6.04 Å². The molecular weight excluding hydrogens is 261 g/mol.